The number of hydrogen-bond acceptors (Lipinski definition) is 5. The van der Waals surface area contributed by atoms with Gasteiger partial charge in [0.15, 0.2) is 0 Å². The molecule has 3 unspecified atom stereocenters. The van der Waals surface area contributed by atoms with Gasteiger partial charge < -0.3 is 19.8 Å². The maximum atomic E-state index is 13.1. The zero-order chi connectivity index (χ0) is 61.2. The Labute approximate surface area is 521 Å². The number of quaternary nitrogens is 1. The van der Waals surface area contributed by atoms with E-state index in [2.05, 4.69) is 116 Å². The molecule has 0 saturated carbocycles. The molecule has 1 amide bonds. The number of amides is 1. The van der Waals surface area contributed by atoms with Crippen molar-refractivity contribution in [3.8, 4) is 0 Å². The highest BCUT2D eigenvalue weighted by Gasteiger charge is 2.28. The summed E-state index contributed by atoms with van der Waals surface area (Å²) in [6.07, 6.45) is 93.6. The van der Waals surface area contributed by atoms with Gasteiger partial charge in [0.2, 0.25) is 5.91 Å². The van der Waals surface area contributed by atoms with Crippen molar-refractivity contribution in [2.45, 2.75) is 334 Å². The molecule has 0 rings (SSSR count). The maximum absolute atomic E-state index is 13.1. The molecule has 0 aliphatic carbocycles. The molecule has 0 aromatic carbocycles. The number of hydrogen-bond donors (Lipinski definition) is 3. The van der Waals surface area contributed by atoms with Crippen LogP contribution in [0, 0.1) is 0 Å². The van der Waals surface area contributed by atoms with E-state index in [4.69, 9.17) is 9.05 Å². The molecule has 8 nitrogen and oxygen atoms in total. The Balaban J connectivity index is 4.10. The first-order chi connectivity index (χ1) is 41.0. The molecule has 0 aromatic rings. The Bertz CT molecular complexity index is 1690. The van der Waals surface area contributed by atoms with Crippen LogP contribution >= 0.6 is 7.82 Å². The highest BCUT2D eigenvalue weighted by Crippen LogP contribution is 2.43. The largest absolute Gasteiger partial charge is 0.472 e. The third-order valence-corrected chi connectivity index (χ3v) is 16.8. The number of aliphatic hydroxyl groups is 1. The zero-order valence-electron chi connectivity index (χ0n) is 55.9. The predicted octanol–water partition coefficient (Wildman–Crippen LogP) is 22.9. The zero-order valence-corrected chi connectivity index (χ0v) is 56.8. The fourth-order valence-corrected chi connectivity index (χ4v) is 11.1. The fourth-order valence-electron chi connectivity index (χ4n) is 10.4. The number of nitrogens with one attached hydrogen (secondary N) is 1. The number of nitrogens with zero attached hydrogens (tertiary/aromatic N) is 1. The van der Waals surface area contributed by atoms with Crippen molar-refractivity contribution in [3.05, 3.63) is 97.2 Å². The van der Waals surface area contributed by atoms with Crippen molar-refractivity contribution < 1.29 is 32.9 Å². The predicted molar refractivity (Wildman–Crippen MR) is 369 cm³/mol. The summed E-state index contributed by atoms with van der Waals surface area (Å²) in [4.78, 5) is 23.5. The van der Waals surface area contributed by atoms with E-state index < -0.39 is 20.0 Å². The van der Waals surface area contributed by atoms with Gasteiger partial charge in [-0.1, -0.05) is 336 Å². The summed E-state index contributed by atoms with van der Waals surface area (Å²) in [6.45, 7) is 4.80. The minimum atomic E-state index is -4.34. The molecule has 0 aliphatic rings. The number of allylic oxidation sites excluding steroid dienone is 16. The van der Waals surface area contributed by atoms with Crippen LogP contribution in [-0.2, 0) is 18.4 Å². The number of phosphoric acid groups is 1. The third kappa shape index (κ3) is 66.9. The number of carbonyl (C=O) groups is 1. The molecule has 84 heavy (non-hydrogen) atoms. The molecule has 0 fully saturated rings. The monoisotopic (exact) mass is 1190 g/mol. The standard InChI is InChI=1S/C75H137N2O6P/c1-6-8-10-12-14-16-18-20-22-24-26-28-30-32-34-36-37-38-39-41-43-45-47-49-51-53-55-57-59-61-63-65-67-69-75(79)76-73(72-83-84(80,81)82-71-70-77(3,4)5)74(78)68-66-64-62-60-58-56-54-52-50-48-46-44-42-40-35-33-31-29-27-25-23-21-19-17-15-13-11-9-7-2/h8,10,14,16,20,22,26,28,32,34,37-38,41,43,47,49,73-74,78H,6-7,9,11-13,15,17-19,21,23-25,27,29-31,33,35-36,39-40,42,44-46,48,50-72H2,1-5H3,(H-,76,79,80,81)/p+1/b10-8-,16-14-,22-20-,28-26-,34-32-,38-37-,43-41-,49-47-. The van der Waals surface area contributed by atoms with E-state index in [1.54, 1.807) is 0 Å². The summed E-state index contributed by atoms with van der Waals surface area (Å²) in [5.41, 5.74) is 0. The van der Waals surface area contributed by atoms with Gasteiger partial charge in [-0.2, -0.15) is 0 Å². The summed E-state index contributed by atoms with van der Waals surface area (Å²) in [7, 11) is 1.61. The molecule has 0 aromatic heterocycles. The van der Waals surface area contributed by atoms with Crippen molar-refractivity contribution in [2.75, 3.05) is 40.9 Å². The van der Waals surface area contributed by atoms with E-state index in [0.717, 1.165) is 96.3 Å². The van der Waals surface area contributed by atoms with Gasteiger partial charge in [0, 0.05) is 6.42 Å². The molecule has 3 atom stereocenters. The molecule has 3 N–H and O–H groups in total. The topological polar surface area (TPSA) is 105 Å². The first-order valence-corrected chi connectivity index (χ1v) is 37.1. The second kappa shape index (κ2) is 64.9. The highest BCUT2D eigenvalue weighted by atomic mass is 31.2. The van der Waals surface area contributed by atoms with E-state index in [0.29, 0.717) is 23.9 Å². The molecule has 9 heteroatoms. The smallest absolute Gasteiger partial charge is 0.391 e. The van der Waals surface area contributed by atoms with Crippen LogP contribution in [0.1, 0.15) is 322 Å². The van der Waals surface area contributed by atoms with Gasteiger partial charge in [0.25, 0.3) is 0 Å². The summed E-state index contributed by atoms with van der Waals surface area (Å²) in [5, 5.41) is 14.2. The average Bonchev–Trinajstić information content (AvgIpc) is 3.56. The normalized spacial score (nSPS) is 14.2. The lowest BCUT2D eigenvalue weighted by Crippen LogP contribution is -2.46. The van der Waals surface area contributed by atoms with E-state index in [9.17, 15) is 19.4 Å². The Morgan fingerprint density at radius 1 is 0.417 bits per heavy atom. The van der Waals surface area contributed by atoms with Crippen LogP contribution in [0.15, 0.2) is 97.2 Å². The number of likely N-dealkylation sites (N-methyl/N-ethyl adjacent to an activating group) is 1. The van der Waals surface area contributed by atoms with Gasteiger partial charge in [-0.15, -0.1) is 0 Å². The Morgan fingerprint density at radius 3 is 1.05 bits per heavy atom. The van der Waals surface area contributed by atoms with E-state index >= 15 is 0 Å². The Kier molecular flexibility index (Phi) is 62.9. The van der Waals surface area contributed by atoms with Crippen LogP contribution in [0.2, 0.25) is 0 Å². The van der Waals surface area contributed by atoms with Crippen LogP contribution in [0.3, 0.4) is 0 Å². The van der Waals surface area contributed by atoms with Crippen molar-refractivity contribution >= 4 is 13.7 Å². The van der Waals surface area contributed by atoms with Gasteiger partial charge in [-0.25, -0.2) is 4.57 Å². The van der Waals surface area contributed by atoms with E-state index in [-0.39, 0.29) is 19.1 Å². The Morgan fingerprint density at radius 2 is 0.714 bits per heavy atom. The van der Waals surface area contributed by atoms with Crippen LogP contribution in [0.5, 0.6) is 0 Å². The quantitative estimate of drug-likeness (QED) is 0.0243. The second-order valence-corrected chi connectivity index (χ2v) is 26.7. The van der Waals surface area contributed by atoms with E-state index in [1.165, 1.54) is 199 Å². The van der Waals surface area contributed by atoms with Gasteiger partial charge in [-0.3, -0.25) is 13.8 Å². The number of phosphoric ester groups is 1. The van der Waals surface area contributed by atoms with Gasteiger partial charge in [0.05, 0.1) is 39.9 Å². The van der Waals surface area contributed by atoms with Crippen LogP contribution < -0.4 is 5.32 Å². The molecule has 0 saturated heterocycles. The van der Waals surface area contributed by atoms with Crippen LogP contribution in [-0.4, -0.2) is 73.4 Å². The summed E-state index contributed by atoms with van der Waals surface area (Å²) < 4.78 is 23.9. The second-order valence-electron chi connectivity index (χ2n) is 25.2. The molecule has 0 radical (unpaired) electrons. The van der Waals surface area contributed by atoms with Gasteiger partial charge in [-0.05, 0) is 77.0 Å². The molecule has 0 aliphatic heterocycles. The summed E-state index contributed by atoms with van der Waals surface area (Å²) in [6, 6.07) is -0.774. The average molecular weight is 1190 g/mol. The number of unbranched alkanes of at least 4 members (excludes halogenated alkanes) is 36. The highest BCUT2D eigenvalue weighted by molar-refractivity contribution is 7.47. The maximum Gasteiger partial charge on any atom is 0.472 e. The molecule has 488 valence electrons. The molecular formula is C75H138N2O6P+. The van der Waals surface area contributed by atoms with Crippen molar-refractivity contribution in [1.29, 1.82) is 0 Å². The number of carbonyl (C=O) groups excluding carboxylic acids is 1. The van der Waals surface area contributed by atoms with Crippen LogP contribution in [0.25, 0.3) is 0 Å². The Hall–Kier alpha value is -2.58. The third-order valence-electron chi connectivity index (χ3n) is 15.8. The lowest BCUT2D eigenvalue weighted by atomic mass is 10.0. The lowest BCUT2D eigenvalue weighted by molar-refractivity contribution is -0.870. The van der Waals surface area contributed by atoms with Gasteiger partial charge in [0.1, 0.15) is 13.2 Å². The fraction of sp³-hybridized carbons (Fsp3) is 0.773. The summed E-state index contributed by atoms with van der Waals surface area (Å²) in [5.74, 6) is -0.152. The number of rotatable bonds is 65. The minimum Gasteiger partial charge on any atom is -0.391 e. The first kappa shape index (κ1) is 81.4. The SMILES string of the molecule is CC/C=C\C/C=C\C/C=C\C/C=C\C/C=C\C/C=C\C/C=C\C/C=C\CCCCCCCCCCC(=O)NC(COP(=O)(O)OCC[N+](C)(C)C)C(O)CCCCCCCCCCCCCCCCCCCCCCCCCCCCCCC. The van der Waals surface area contributed by atoms with Gasteiger partial charge >= 0.3 is 7.82 Å². The number of aliphatic hydroxyl groups excluding tert-OH is 1. The molecule has 0 bridgehead atoms. The molecule has 0 spiro atoms. The lowest BCUT2D eigenvalue weighted by Gasteiger charge is -2.26. The minimum absolute atomic E-state index is 0.0690. The summed E-state index contributed by atoms with van der Waals surface area (Å²) >= 11 is 0. The van der Waals surface area contributed by atoms with Crippen molar-refractivity contribution in [1.82, 2.24) is 5.32 Å². The molecular weight excluding hydrogens is 1060 g/mol. The first-order valence-electron chi connectivity index (χ1n) is 35.6. The van der Waals surface area contributed by atoms with E-state index in [1.807, 2.05) is 21.1 Å². The van der Waals surface area contributed by atoms with Crippen LogP contribution in [0.4, 0.5) is 0 Å². The molecule has 0 heterocycles. The van der Waals surface area contributed by atoms with Crippen molar-refractivity contribution in [2.24, 2.45) is 0 Å². The van der Waals surface area contributed by atoms with Crippen molar-refractivity contribution in [3.63, 3.8) is 0 Å².